The van der Waals surface area contributed by atoms with Crippen molar-refractivity contribution in [3.05, 3.63) is 33.5 Å². The Morgan fingerprint density at radius 3 is 2.59 bits per heavy atom. The lowest BCUT2D eigenvalue weighted by atomic mass is 9.83. The number of nitro benzene ring substituents is 1. The van der Waals surface area contributed by atoms with Crippen LogP contribution in [0.3, 0.4) is 0 Å². The fourth-order valence-electron chi connectivity index (χ4n) is 3.46. The predicted molar refractivity (Wildman–Crippen MR) is 77.5 cm³/mol. The van der Waals surface area contributed by atoms with E-state index in [9.17, 15) is 15.2 Å². The number of ether oxygens (including phenoxy) is 2. The maximum atomic E-state index is 11.3. The molecule has 4 aliphatic rings. The van der Waals surface area contributed by atoms with Gasteiger partial charge in [-0.2, -0.15) is 0 Å². The number of hydrogen-bond donors (Lipinski definition) is 1. The Morgan fingerprint density at radius 1 is 1.27 bits per heavy atom. The predicted octanol–water partition coefficient (Wildman–Crippen LogP) is 1.75. The van der Waals surface area contributed by atoms with Crippen LogP contribution in [0.5, 0.6) is 11.5 Å². The lowest BCUT2D eigenvalue weighted by Gasteiger charge is -2.45. The van der Waals surface area contributed by atoms with Gasteiger partial charge in [0.15, 0.2) is 11.5 Å². The SMILES string of the molecule is O=[N+]([O-])c1cc2c(cc1/C=C1/C(O)C3CCN1CC3)OCO2. The van der Waals surface area contributed by atoms with Crippen LogP contribution in [-0.4, -0.2) is 40.9 Å². The summed E-state index contributed by atoms with van der Waals surface area (Å²) in [4.78, 5) is 13.0. The van der Waals surface area contributed by atoms with E-state index in [1.807, 2.05) is 0 Å². The minimum atomic E-state index is -0.549. The second-order valence-corrected chi connectivity index (χ2v) is 5.86. The number of fused-ring (bicyclic) bond motifs is 4. The van der Waals surface area contributed by atoms with E-state index in [0.717, 1.165) is 31.6 Å². The third kappa shape index (κ3) is 2.00. The van der Waals surface area contributed by atoms with Crippen molar-refractivity contribution in [2.75, 3.05) is 19.9 Å². The molecule has 0 amide bonds. The molecule has 4 aliphatic heterocycles. The molecule has 1 N–H and O–H groups in total. The zero-order valence-electron chi connectivity index (χ0n) is 11.9. The number of piperidine rings is 3. The van der Waals surface area contributed by atoms with Crippen molar-refractivity contribution in [3.63, 3.8) is 0 Å². The summed E-state index contributed by atoms with van der Waals surface area (Å²) in [5.74, 6) is 1.15. The molecule has 1 aromatic rings. The maximum absolute atomic E-state index is 11.3. The second-order valence-electron chi connectivity index (χ2n) is 5.86. The van der Waals surface area contributed by atoms with Gasteiger partial charge in [-0.05, 0) is 30.9 Å². The van der Waals surface area contributed by atoms with Gasteiger partial charge < -0.3 is 19.5 Å². The minimum Gasteiger partial charge on any atom is -0.454 e. The summed E-state index contributed by atoms with van der Waals surface area (Å²) in [5.41, 5.74) is 1.17. The molecule has 3 fully saturated rings. The summed E-state index contributed by atoms with van der Waals surface area (Å²) in [5, 5.41) is 21.7. The molecule has 4 heterocycles. The first-order chi connectivity index (χ1) is 10.6. The number of nitrogens with zero attached hydrogens (tertiary/aromatic N) is 2. The van der Waals surface area contributed by atoms with Crippen LogP contribution in [0, 0.1) is 16.0 Å². The summed E-state index contributed by atoms with van der Waals surface area (Å²) >= 11 is 0. The highest BCUT2D eigenvalue weighted by Crippen LogP contribution is 2.41. The van der Waals surface area contributed by atoms with Crippen LogP contribution in [0.25, 0.3) is 6.08 Å². The van der Waals surface area contributed by atoms with E-state index in [-0.39, 0.29) is 18.4 Å². The summed E-state index contributed by atoms with van der Waals surface area (Å²) in [6, 6.07) is 3.00. The highest BCUT2D eigenvalue weighted by molar-refractivity contribution is 5.69. The monoisotopic (exact) mass is 304 g/mol. The van der Waals surface area contributed by atoms with Crippen molar-refractivity contribution in [2.24, 2.45) is 5.92 Å². The Kier molecular flexibility index (Phi) is 2.97. The molecule has 116 valence electrons. The van der Waals surface area contributed by atoms with E-state index in [4.69, 9.17) is 9.47 Å². The fraction of sp³-hybridized carbons (Fsp3) is 0.467. The maximum Gasteiger partial charge on any atom is 0.280 e. The first-order valence-electron chi connectivity index (χ1n) is 7.36. The first kappa shape index (κ1) is 13.4. The summed E-state index contributed by atoms with van der Waals surface area (Å²) in [7, 11) is 0. The molecule has 22 heavy (non-hydrogen) atoms. The molecule has 3 saturated heterocycles. The quantitative estimate of drug-likeness (QED) is 0.662. The van der Waals surface area contributed by atoms with Crippen LogP contribution in [0.2, 0.25) is 0 Å². The lowest BCUT2D eigenvalue weighted by molar-refractivity contribution is -0.385. The Hall–Kier alpha value is -2.28. The van der Waals surface area contributed by atoms with Crippen molar-refractivity contribution in [3.8, 4) is 11.5 Å². The van der Waals surface area contributed by atoms with Crippen LogP contribution in [0.15, 0.2) is 17.8 Å². The summed E-state index contributed by atoms with van der Waals surface area (Å²) < 4.78 is 10.5. The van der Waals surface area contributed by atoms with Crippen LogP contribution in [0.4, 0.5) is 5.69 Å². The van der Waals surface area contributed by atoms with Crippen molar-refractivity contribution < 1.29 is 19.5 Å². The molecular formula is C15H16N2O5. The first-order valence-corrected chi connectivity index (χ1v) is 7.36. The van der Waals surface area contributed by atoms with Crippen molar-refractivity contribution in [1.82, 2.24) is 4.90 Å². The smallest absolute Gasteiger partial charge is 0.280 e. The topological polar surface area (TPSA) is 85.1 Å². The Balaban J connectivity index is 1.79. The molecule has 0 radical (unpaired) electrons. The van der Waals surface area contributed by atoms with Crippen molar-refractivity contribution in [2.45, 2.75) is 18.9 Å². The highest BCUT2D eigenvalue weighted by Gasteiger charge is 2.37. The van der Waals surface area contributed by atoms with Crippen LogP contribution in [-0.2, 0) is 0 Å². The summed E-state index contributed by atoms with van der Waals surface area (Å²) in [6.07, 6.45) is 3.12. The van der Waals surface area contributed by atoms with E-state index in [1.165, 1.54) is 6.07 Å². The van der Waals surface area contributed by atoms with Gasteiger partial charge in [0, 0.05) is 18.8 Å². The van der Waals surface area contributed by atoms with Crippen molar-refractivity contribution in [1.29, 1.82) is 0 Å². The molecule has 0 aromatic heterocycles. The zero-order chi connectivity index (χ0) is 15.3. The van der Waals surface area contributed by atoms with E-state index in [0.29, 0.717) is 17.1 Å². The van der Waals surface area contributed by atoms with E-state index < -0.39 is 11.0 Å². The molecular weight excluding hydrogens is 288 g/mol. The van der Waals surface area contributed by atoms with Gasteiger partial charge in [-0.15, -0.1) is 0 Å². The van der Waals surface area contributed by atoms with Gasteiger partial charge in [0.05, 0.1) is 22.7 Å². The van der Waals surface area contributed by atoms with Crippen LogP contribution < -0.4 is 9.47 Å². The molecule has 5 rings (SSSR count). The normalized spacial score (nSPS) is 27.5. The second kappa shape index (κ2) is 4.88. The Morgan fingerprint density at radius 2 is 1.95 bits per heavy atom. The van der Waals surface area contributed by atoms with E-state index in [1.54, 1.807) is 12.1 Å². The molecule has 7 heteroatoms. The lowest BCUT2D eigenvalue weighted by Crippen LogP contribution is -2.48. The van der Waals surface area contributed by atoms with Crippen LogP contribution in [0.1, 0.15) is 18.4 Å². The van der Waals surface area contributed by atoms with Gasteiger partial charge in [0.1, 0.15) is 0 Å². The van der Waals surface area contributed by atoms with Gasteiger partial charge in [0.25, 0.3) is 5.69 Å². The van der Waals surface area contributed by atoms with Gasteiger partial charge in [-0.3, -0.25) is 10.1 Å². The van der Waals surface area contributed by atoms with Gasteiger partial charge in [-0.25, -0.2) is 0 Å². The average molecular weight is 304 g/mol. The Labute approximate surface area is 126 Å². The molecule has 1 unspecified atom stereocenters. The summed E-state index contributed by atoms with van der Waals surface area (Å²) in [6.45, 7) is 1.86. The Bertz CT molecular complexity index is 660. The standard InChI is InChI=1S/C15H16N2O5/c18-15-9-1-3-16(4-2-9)12(15)5-10-6-13-14(22-8-21-13)7-11(10)17(19)20/h5-7,9,15,18H,1-4,8H2/b12-5-. The minimum absolute atomic E-state index is 0.0356. The molecule has 0 spiro atoms. The molecule has 2 bridgehead atoms. The zero-order valence-corrected chi connectivity index (χ0v) is 11.9. The van der Waals surface area contributed by atoms with E-state index in [2.05, 4.69) is 4.90 Å². The molecule has 1 atom stereocenters. The van der Waals surface area contributed by atoms with Gasteiger partial charge >= 0.3 is 0 Å². The fourth-order valence-corrected chi connectivity index (χ4v) is 3.46. The van der Waals surface area contributed by atoms with Crippen LogP contribution >= 0.6 is 0 Å². The van der Waals surface area contributed by atoms with Gasteiger partial charge in [0.2, 0.25) is 6.79 Å². The molecule has 0 aliphatic carbocycles. The molecule has 7 nitrogen and oxygen atoms in total. The van der Waals surface area contributed by atoms with Crippen molar-refractivity contribution >= 4 is 11.8 Å². The average Bonchev–Trinajstić information content (AvgIpc) is 2.97. The largest absolute Gasteiger partial charge is 0.454 e. The number of nitro groups is 1. The van der Waals surface area contributed by atoms with E-state index >= 15 is 0 Å². The van der Waals surface area contributed by atoms with Gasteiger partial charge in [-0.1, -0.05) is 0 Å². The number of aliphatic hydroxyl groups is 1. The third-order valence-electron chi connectivity index (χ3n) is 4.68. The molecule has 1 aromatic carbocycles. The highest BCUT2D eigenvalue weighted by atomic mass is 16.7. The number of rotatable bonds is 2. The third-order valence-corrected chi connectivity index (χ3v) is 4.68. The number of hydrogen-bond acceptors (Lipinski definition) is 6. The number of aliphatic hydroxyl groups excluding tert-OH is 1. The molecule has 0 saturated carbocycles. The number of benzene rings is 1.